The average Bonchev–Trinajstić information content (AvgIpc) is 2.12. The van der Waals surface area contributed by atoms with Crippen molar-refractivity contribution in [3.63, 3.8) is 0 Å². The maximum Gasteiger partial charge on any atom is 0.396 e. The summed E-state index contributed by atoms with van der Waals surface area (Å²) in [7, 11) is 0. The SMILES string of the molecule is FC(F)(F)Cc1cn[c]o1. The lowest BCUT2D eigenvalue weighted by Gasteiger charge is -2.00. The van der Waals surface area contributed by atoms with E-state index >= 15 is 0 Å². The van der Waals surface area contributed by atoms with Gasteiger partial charge in [0.1, 0.15) is 12.2 Å². The first-order valence-electron chi connectivity index (χ1n) is 2.45. The van der Waals surface area contributed by atoms with Gasteiger partial charge in [0, 0.05) is 0 Å². The molecule has 1 aromatic heterocycles. The molecule has 0 N–H and O–H groups in total. The van der Waals surface area contributed by atoms with Crippen molar-refractivity contribution in [3.8, 4) is 0 Å². The van der Waals surface area contributed by atoms with Crippen molar-refractivity contribution in [2.75, 3.05) is 0 Å². The van der Waals surface area contributed by atoms with Gasteiger partial charge in [0.15, 0.2) is 0 Å². The Morgan fingerprint density at radius 3 is 2.70 bits per heavy atom. The van der Waals surface area contributed by atoms with Crippen LogP contribution in [0.4, 0.5) is 13.2 Å². The van der Waals surface area contributed by atoms with Crippen molar-refractivity contribution in [2.24, 2.45) is 0 Å². The predicted octanol–water partition coefficient (Wildman–Crippen LogP) is 1.58. The number of aromatic nitrogens is 1. The van der Waals surface area contributed by atoms with Gasteiger partial charge in [-0.1, -0.05) is 0 Å². The summed E-state index contributed by atoms with van der Waals surface area (Å²) in [5.74, 6) is -0.215. The first-order valence-corrected chi connectivity index (χ1v) is 2.45. The van der Waals surface area contributed by atoms with E-state index in [0.717, 1.165) is 6.20 Å². The summed E-state index contributed by atoms with van der Waals surface area (Å²) in [5.41, 5.74) is 0. The van der Waals surface area contributed by atoms with Crippen LogP contribution in [0.1, 0.15) is 5.76 Å². The summed E-state index contributed by atoms with van der Waals surface area (Å²) in [4.78, 5) is 3.21. The van der Waals surface area contributed by atoms with Crippen molar-refractivity contribution in [2.45, 2.75) is 12.6 Å². The van der Waals surface area contributed by atoms with Crippen molar-refractivity contribution < 1.29 is 17.6 Å². The van der Waals surface area contributed by atoms with Gasteiger partial charge >= 0.3 is 6.18 Å². The molecule has 5 heteroatoms. The van der Waals surface area contributed by atoms with Crippen LogP contribution in [-0.2, 0) is 6.42 Å². The second-order valence-electron chi connectivity index (χ2n) is 1.71. The molecule has 0 unspecified atom stereocenters. The molecule has 0 saturated heterocycles. The van der Waals surface area contributed by atoms with Gasteiger partial charge in [-0.25, -0.2) is 4.98 Å². The minimum atomic E-state index is -4.23. The van der Waals surface area contributed by atoms with Gasteiger partial charge in [-0.05, 0) is 0 Å². The molecule has 2 nitrogen and oxygen atoms in total. The molecule has 0 aromatic carbocycles. The molecule has 10 heavy (non-hydrogen) atoms. The molecular weight excluding hydrogens is 147 g/mol. The molecule has 0 fully saturated rings. The maximum atomic E-state index is 11.5. The minimum Gasteiger partial charge on any atom is -0.437 e. The van der Waals surface area contributed by atoms with Crippen LogP contribution in [0.5, 0.6) is 0 Å². The topological polar surface area (TPSA) is 26.0 Å². The number of alkyl halides is 3. The molecule has 55 valence electrons. The molecule has 0 spiro atoms. The first-order chi connectivity index (χ1) is 4.58. The predicted molar refractivity (Wildman–Crippen MR) is 25.1 cm³/mol. The Hall–Kier alpha value is -1.00. The van der Waals surface area contributed by atoms with Gasteiger partial charge in [-0.2, -0.15) is 13.2 Å². The molecule has 0 aliphatic carbocycles. The third-order valence-corrected chi connectivity index (χ3v) is 0.813. The smallest absolute Gasteiger partial charge is 0.396 e. The van der Waals surface area contributed by atoms with Crippen molar-refractivity contribution in [1.82, 2.24) is 4.98 Å². The van der Waals surface area contributed by atoms with Gasteiger partial charge < -0.3 is 4.42 Å². The highest BCUT2D eigenvalue weighted by molar-refractivity contribution is 4.89. The lowest BCUT2D eigenvalue weighted by molar-refractivity contribution is -0.130. The fourth-order valence-electron chi connectivity index (χ4n) is 0.489. The Morgan fingerprint density at radius 1 is 1.60 bits per heavy atom. The zero-order valence-electron chi connectivity index (χ0n) is 4.77. The van der Waals surface area contributed by atoms with E-state index in [1.54, 1.807) is 0 Å². The van der Waals surface area contributed by atoms with Crippen LogP contribution in [0.25, 0.3) is 0 Å². The third-order valence-electron chi connectivity index (χ3n) is 0.813. The molecule has 1 aromatic rings. The highest BCUT2D eigenvalue weighted by atomic mass is 19.4. The van der Waals surface area contributed by atoms with E-state index in [1.807, 2.05) is 6.39 Å². The monoisotopic (exact) mass is 150 g/mol. The maximum absolute atomic E-state index is 11.5. The number of hydrogen-bond donors (Lipinski definition) is 0. The summed E-state index contributed by atoms with van der Waals surface area (Å²) in [5, 5.41) is 0. The van der Waals surface area contributed by atoms with E-state index in [4.69, 9.17) is 0 Å². The molecule has 0 amide bonds. The molecular formula is C5H3F3NO. The van der Waals surface area contributed by atoms with Gasteiger partial charge in [0.25, 0.3) is 6.39 Å². The Bertz CT molecular complexity index is 191. The van der Waals surface area contributed by atoms with Gasteiger partial charge in [-0.3, -0.25) is 0 Å². The zero-order chi connectivity index (χ0) is 7.61. The largest absolute Gasteiger partial charge is 0.437 e. The summed E-state index contributed by atoms with van der Waals surface area (Å²) in [6, 6.07) is 0. The van der Waals surface area contributed by atoms with Crippen LogP contribution in [0.15, 0.2) is 10.6 Å². The van der Waals surface area contributed by atoms with E-state index in [2.05, 4.69) is 9.40 Å². The summed E-state index contributed by atoms with van der Waals surface area (Å²) in [6.07, 6.45) is -2.39. The molecule has 0 bridgehead atoms. The normalized spacial score (nSPS) is 11.9. The fourth-order valence-corrected chi connectivity index (χ4v) is 0.489. The van der Waals surface area contributed by atoms with E-state index in [-0.39, 0.29) is 5.76 Å². The van der Waals surface area contributed by atoms with Crippen molar-refractivity contribution in [3.05, 3.63) is 18.4 Å². The Kier molecular flexibility index (Phi) is 1.65. The Morgan fingerprint density at radius 2 is 2.30 bits per heavy atom. The molecule has 0 aliphatic heterocycles. The quantitative estimate of drug-likeness (QED) is 0.607. The van der Waals surface area contributed by atoms with E-state index in [1.165, 1.54) is 0 Å². The number of hydrogen-bond acceptors (Lipinski definition) is 2. The summed E-state index contributed by atoms with van der Waals surface area (Å²) < 4.78 is 38.8. The highest BCUT2D eigenvalue weighted by Crippen LogP contribution is 2.20. The van der Waals surface area contributed by atoms with Gasteiger partial charge in [0.05, 0.1) is 6.20 Å². The van der Waals surface area contributed by atoms with Gasteiger partial charge in [0.2, 0.25) is 0 Å². The zero-order valence-corrected chi connectivity index (χ0v) is 4.77. The molecule has 1 radical (unpaired) electrons. The molecule has 1 rings (SSSR count). The molecule has 0 atom stereocenters. The lowest BCUT2D eigenvalue weighted by atomic mass is 10.3. The minimum absolute atomic E-state index is 0.215. The summed E-state index contributed by atoms with van der Waals surface area (Å²) >= 11 is 0. The van der Waals surface area contributed by atoms with Gasteiger partial charge in [-0.15, -0.1) is 0 Å². The number of oxazole rings is 1. The van der Waals surface area contributed by atoms with Crippen LogP contribution in [0, 0.1) is 6.39 Å². The van der Waals surface area contributed by atoms with E-state index in [9.17, 15) is 13.2 Å². The molecule has 0 aliphatic rings. The summed E-state index contributed by atoms with van der Waals surface area (Å²) in [6.45, 7) is 0. The molecule has 1 heterocycles. The van der Waals surface area contributed by atoms with Crippen LogP contribution in [0.2, 0.25) is 0 Å². The fraction of sp³-hybridized carbons (Fsp3) is 0.400. The first kappa shape index (κ1) is 7.11. The van der Waals surface area contributed by atoms with E-state index in [0.29, 0.717) is 0 Å². The number of rotatable bonds is 1. The van der Waals surface area contributed by atoms with Crippen molar-refractivity contribution >= 4 is 0 Å². The van der Waals surface area contributed by atoms with Crippen LogP contribution < -0.4 is 0 Å². The third kappa shape index (κ3) is 2.08. The van der Waals surface area contributed by atoms with Crippen molar-refractivity contribution in [1.29, 1.82) is 0 Å². The highest BCUT2D eigenvalue weighted by Gasteiger charge is 2.29. The van der Waals surface area contributed by atoms with Crippen LogP contribution in [0.3, 0.4) is 0 Å². The second kappa shape index (κ2) is 2.32. The average molecular weight is 150 g/mol. The number of halogens is 3. The van der Waals surface area contributed by atoms with E-state index < -0.39 is 12.6 Å². The lowest BCUT2D eigenvalue weighted by Crippen LogP contribution is -2.10. The standard InChI is InChI=1S/C5H3F3NO/c6-5(7,8)1-4-2-9-3-10-4/h2H,1H2. The second-order valence-corrected chi connectivity index (χ2v) is 1.71. The molecule has 0 saturated carbocycles. The number of nitrogens with zero attached hydrogens (tertiary/aromatic N) is 1. The van der Waals surface area contributed by atoms with Crippen LogP contribution >= 0.6 is 0 Å². The Balaban J connectivity index is 2.57. The Labute approximate surface area is 54.7 Å². The van der Waals surface area contributed by atoms with Crippen LogP contribution in [-0.4, -0.2) is 11.2 Å².